The molecule has 2 aromatic rings. The summed E-state index contributed by atoms with van der Waals surface area (Å²) in [5.41, 5.74) is 13.2. The van der Waals surface area contributed by atoms with Gasteiger partial charge in [0.1, 0.15) is 0 Å². The fourth-order valence-electron chi connectivity index (χ4n) is 4.47. The van der Waals surface area contributed by atoms with Gasteiger partial charge in [0.05, 0.1) is 0 Å². The minimum Gasteiger partial charge on any atom is -0.378 e. The van der Waals surface area contributed by atoms with Crippen LogP contribution in [0, 0.1) is 6.92 Å². The molecular weight excluding hydrogens is 326 g/mol. The topological polar surface area (TPSA) is 3.24 Å². The van der Waals surface area contributed by atoms with Crippen LogP contribution in [-0.4, -0.2) is 14.1 Å². The highest BCUT2D eigenvalue weighted by Gasteiger charge is 2.32. The van der Waals surface area contributed by atoms with E-state index >= 15 is 0 Å². The molecule has 0 fully saturated rings. The first-order chi connectivity index (χ1) is 12.9. The Labute approximate surface area is 163 Å². The highest BCUT2D eigenvalue weighted by Crippen LogP contribution is 2.50. The minimum atomic E-state index is 0.391. The van der Waals surface area contributed by atoms with E-state index in [1.165, 1.54) is 55.8 Å². The molecule has 1 heteroatoms. The van der Waals surface area contributed by atoms with Gasteiger partial charge in [-0.1, -0.05) is 43.5 Å². The van der Waals surface area contributed by atoms with E-state index < -0.39 is 0 Å². The van der Waals surface area contributed by atoms with E-state index in [-0.39, 0.29) is 0 Å². The Balaban J connectivity index is 2.02. The Hall–Kier alpha value is -2.80. The molecule has 136 valence electrons. The summed E-state index contributed by atoms with van der Waals surface area (Å²) in [7, 11) is 4.18. The van der Waals surface area contributed by atoms with Crippen molar-refractivity contribution in [2.45, 2.75) is 26.2 Å². The highest BCUT2D eigenvalue weighted by atomic mass is 15.1. The number of benzene rings is 2. The molecule has 27 heavy (non-hydrogen) atoms. The Morgan fingerprint density at radius 3 is 2.48 bits per heavy atom. The molecule has 4 rings (SSSR count). The second-order valence-electron chi connectivity index (χ2n) is 7.96. The zero-order valence-corrected chi connectivity index (χ0v) is 16.8. The maximum Gasteiger partial charge on any atom is 0.0364 e. The molecule has 2 bridgehead atoms. The molecule has 1 nitrogen and oxygen atoms in total. The van der Waals surface area contributed by atoms with Gasteiger partial charge in [-0.3, -0.25) is 0 Å². The van der Waals surface area contributed by atoms with Crippen molar-refractivity contribution >= 4 is 17.3 Å². The summed E-state index contributed by atoms with van der Waals surface area (Å²) >= 11 is 0. The number of fused-ring (bicyclic) bond motifs is 4. The first kappa shape index (κ1) is 17.6. The van der Waals surface area contributed by atoms with Gasteiger partial charge in [0.2, 0.25) is 0 Å². The van der Waals surface area contributed by atoms with Crippen molar-refractivity contribution in [1.29, 1.82) is 0 Å². The molecule has 0 aliphatic heterocycles. The average Bonchev–Trinajstić information content (AvgIpc) is 2.65. The van der Waals surface area contributed by atoms with E-state index in [2.05, 4.69) is 88.5 Å². The fraction of sp³-hybridized carbons (Fsp3) is 0.231. The van der Waals surface area contributed by atoms with Gasteiger partial charge in [-0.2, -0.15) is 0 Å². The van der Waals surface area contributed by atoms with Crippen molar-refractivity contribution in [2.75, 3.05) is 19.0 Å². The Morgan fingerprint density at radius 1 is 1.04 bits per heavy atom. The lowest BCUT2D eigenvalue weighted by Gasteiger charge is -2.36. The molecule has 1 atom stereocenters. The molecule has 0 radical (unpaired) electrons. The van der Waals surface area contributed by atoms with Crippen molar-refractivity contribution in [3.8, 4) is 0 Å². The highest BCUT2D eigenvalue weighted by molar-refractivity contribution is 5.91. The van der Waals surface area contributed by atoms with Gasteiger partial charge in [0.25, 0.3) is 0 Å². The molecule has 1 unspecified atom stereocenters. The lowest BCUT2D eigenvalue weighted by Crippen LogP contribution is -2.18. The van der Waals surface area contributed by atoms with Crippen LogP contribution in [0.25, 0.3) is 11.6 Å². The molecule has 0 saturated carbocycles. The van der Waals surface area contributed by atoms with E-state index in [9.17, 15) is 0 Å². The Kier molecular flexibility index (Phi) is 4.19. The maximum atomic E-state index is 4.35. The van der Waals surface area contributed by atoms with Crippen molar-refractivity contribution in [1.82, 2.24) is 0 Å². The molecule has 0 aromatic heterocycles. The van der Waals surface area contributed by atoms with Crippen LogP contribution in [0.15, 0.2) is 72.4 Å². The van der Waals surface area contributed by atoms with Crippen molar-refractivity contribution in [2.24, 2.45) is 0 Å². The number of anilines is 1. The predicted molar refractivity (Wildman–Crippen MR) is 118 cm³/mol. The quantitative estimate of drug-likeness (QED) is 0.608. The van der Waals surface area contributed by atoms with E-state index in [1.807, 2.05) is 6.08 Å². The third kappa shape index (κ3) is 2.78. The third-order valence-electron chi connectivity index (χ3n) is 5.99. The summed E-state index contributed by atoms with van der Waals surface area (Å²) in [5, 5.41) is 0. The van der Waals surface area contributed by atoms with Gasteiger partial charge in [-0.15, -0.1) is 0 Å². The van der Waals surface area contributed by atoms with Crippen molar-refractivity contribution in [3.05, 3.63) is 100 Å². The molecule has 0 saturated heterocycles. The maximum absolute atomic E-state index is 4.35. The van der Waals surface area contributed by atoms with Gasteiger partial charge in [-0.05, 0) is 88.6 Å². The van der Waals surface area contributed by atoms with Gasteiger partial charge in [0.15, 0.2) is 0 Å². The van der Waals surface area contributed by atoms with Crippen LogP contribution in [0.4, 0.5) is 5.69 Å². The van der Waals surface area contributed by atoms with Crippen LogP contribution in [0.2, 0.25) is 0 Å². The molecule has 2 aromatic carbocycles. The lowest BCUT2D eigenvalue weighted by molar-refractivity contribution is 0.766. The van der Waals surface area contributed by atoms with Crippen molar-refractivity contribution in [3.63, 3.8) is 0 Å². The summed E-state index contributed by atoms with van der Waals surface area (Å²) in [6.45, 7) is 12.8. The first-order valence-corrected chi connectivity index (χ1v) is 9.56. The normalized spacial score (nSPS) is 18.1. The van der Waals surface area contributed by atoms with Gasteiger partial charge in [-0.25, -0.2) is 0 Å². The average molecular weight is 354 g/mol. The summed E-state index contributed by atoms with van der Waals surface area (Å²) < 4.78 is 0. The molecule has 2 aliphatic carbocycles. The number of allylic oxidation sites excluding steroid dienone is 4. The molecular formula is C26H27N. The number of hydrogen-bond acceptors (Lipinski definition) is 1. The summed E-state index contributed by atoms with van der Waals surface area (Å²) in [6.07, 6.45) is 5.26. The molecule has 2 aliphatic rings. The summed E-state index contributed by atoms with van der Waals surface area (Å²) in [6, 6.07) is 13.5. The molecule has 0 amide bonds. The minimum absolute atomic E-state index is 0.391. The standard InChI is InChI=1S/C26H27N/c1-7-19-8-10-22-23-15-24(17(3)12-16(23)2)26(25(22)14-19)21-11-9-20(27(5)6)13-18(21)4/h7-14,23H,1-2,15H2,3-6H3. The summed E-state index contributed by atoms with van der Waals surface area (Å²) in [5.74, 6) is 0.391. The van der Waals surface area contributed by atoms with Gasteiger partial charge >= 0.3 is 0 Å². The fourth-order valence-corrected chi connectivity index (χ4v) is 4.47. The van der Waals surface area contributed by atoms with E-state index in [1.54, 1.807) is 0 Å². The van der Waals surface area contributed by atoms with Crippen LogP contribution >= 0.6 is 0 Å². The Morgan fingerprint density at radius 2 is 1.81 bits per heavy atom. The summed E-state index contributed by atoms with van der Waals surface area (Å²) in [4.78, 5) is 2.16. The van der Waals surface area contributed by atoms with Crippen LogP contribution in [-0.2, 0) is 0 Å². The number of rotatable bonds is 3. The zero-order valence-electron chi connectivity index (χ0n) is 16.8. The zero-order chi connectivity index (χ0) is 19.3. The van der Waals surface area contributed by atoms with Crippen LogP contribution in [0.3, 0.4) is 0 Å². The SMILES string of the molecule is C=Cc1ccc2c(c1)C(c1ccc(N(C)C)cc1C)=C1CC2C(=C)C=C1C. The van der Waals surface area contributed by atoms with Gasteiger partial charge < -0.3 is 4.90 Å². The lowest BCUT2D eigenvalue weighted by atomic mass is 9.68. The smallest absolute Gasteiger partial charge is 0.0364 e. The molecule has 0 N–H and O–H groups in total. The molecule has 0 heterocycles. The van der Waals surface area contributed by atoms with Crippen LogP contribution < -0.4 is 4.90 Å². The second-order valence-corrected chi connectivity index (χ2v) is 7.96. The van der Waals surface area contributed by atoms with Crippen LogP contribution in [0.5, 0.6) is 0 Å². The van der Waals surface area contributed by atoms with Crippen LogP contribution in [0.1, 0.15) is 47.1 Å². The molecule has 0 spiro atoms. The monoisotopic (exact) mass is 353 g/mol. The third-order valence-corrected chi connectivity index (χ3v) is 5.99. The number of hydrogen-bond donors (Lipinski definition) is 0. The number of aryl methyl sites for hydroxylation is 1. The largest absolute Gasteiger partial charge is 0.378 e. The Bertz CT molecular complexity index is 1030. The first-order valence-electron chi connectivity index (χ1n) is 9.56. The van der Waals surface area contributed by atoms with E-state index in [0.29, 0.717) is 5.92 Å². The second kappa shape index (κ2) is 6.42. The van der Waals surface area contributed by atoms with E-state index in [4.69, 9.17) is 0 Å². The van der Waals surface area contributed by atoms with Gasteiger partial charge in [0, 0.05) is 25.7 Å². The van der Waals surface area contributed by atoms with E-state index in [0.717, 1.165) is 6.42 Å². The predicted octanol–water partition coefficient (Wildman–Crippen LogP) is 6.51. The van der Waals surface area contributed by atoms with Crippen molar-refractivity contribution < 1.29 is 0 Å². The number of nitrogens with zero attached hydrogens (tertiary/aromatic N) is 1.